The van der Waals surface area contributed by atoms with Crippen molar-refractivity contribution in [3.8, 4) is 0 Å². The Morgan fingerprint density at radius 2 is 1.18 bits per heavy atom. The molecule has 0 aliphatic rings. The highest BCUT2D eigenvalue weighted by Crippen LogP contribution is 2.43. The Morgan fingerprint density at radius 3 is 1.80 bits per heavy atom. The van der Waals surface area contributed by atoms with Crippen molar-refractivity contribution in [3.05, 3.63) is 60.9 Å². The summed E-state index contributed by atoms with van der Waals surface area (Å²) in [5.41, 5.74) is 0. The number of ketones is 1. The van der Waals surface area contributed by atoms with Gasteiger partial charge in [0, 0.05) is 12.8 Å². The van der Waals surface area contributed by atoms with Crippen molar-refractivity contribution in [1.29, 1.82) is 0 Å². The van der Waals surface area contributed by atoms with Crippen molar-refractivity contribution in [2.45, 2.75) is 174 Å². The van der Waals surface area contributed by atoms with Crippen molar-refractivity contribution in [2.24, 2.45) is 0 Å². The molecule has 0 aromatic heterocycles. The van der Waals surface area contributed by atoms with Gasteiger partial charge in [0.05, 0.1) is 34.0 Å². The van der Waals surface area contributed by atoms with Crippen LogP contribution < -0.4 is 0 Å². The summed E-state index contributed by atoms with van der Waals surface area (Å²) in [5, 5.41) is 0. The van der Waals surface area contributed by atoms with Gasteiger partial charge in [0.2, 0.25) is 0 Å². The fraction of sp³-hybridized carbons (Fsp3) is 0.739. The van der Waals surface area contributed by atoms with Crippen LogP contribution in [-0.4, -0.2) is 74.7 Å². The van der Waals surface area contributed by atoms with Crippen LogP contribution in [0.3, 0.4) is 0 Å². The van der Waals surface area contributed by atoms with Crippen LogP contribution in [0.1, 0.15) is 168 Å². The van der Waals surface area contributed by atoms with Crippen LogP contribution in [0.2, 0.25) is 0 Å². The second kappa shape index (κ2) is 38.2. The molecule has 0 aromatic rings. The number of carbonyl (C=O) groups excluding carboxylic acids is 2. The summed E-state index contributed by atoms with van der Waals surface area (Å²) in [7, 11) is 1.60. The second-order valence-electron chi connectivity index (χ2n) is 15.8. The summed E-state index contributed by atoms with van der Waals surface area (Å²) < 4.78 is 34.7. The molecular formula is C46H83NO8P+. The van der Waals surface area contributed by atoms with Gasteiger partial charge in [-0.25, -0.2) is 4.57 Å². The lowest BCUT2D eigenvalue weighted by molar-refractivity contribution is -0.870. The first-order chi connectivity index (χ1) is 27.0. The zero-order valence-electron chi connectivity index (χ0n) is 36.3. The SMILES string of the molecule is CCCCCCCCCCCCCCCC/C=C/O[C@H](COC(=O)CCC/C=C\C/C=C\C/C=C\C=C\C(=O)CCCCC)COP(=O)(O)OCC[N+](C)(C)C. The van der Waals surface area contributed by atoms with Gasteiger partial charge in [-0.2, -0.15) is 0 Å². The van der Waals surface area contributed by atoms with E-state index >= 15 is 0 Å². The molecule has 9 nitrogen and oxygen atoms in total. The van der Waals surface area contributed by atoms with E-state index in [1.807, 2.05) is 45.4 Å². The van der Waals surface area contributed by atoms with Crippen LogP contribution in [0.4, 0.5) is 0 Å². The summed E-state index contributed by atoms with van der Waals surface area (Å²) in [5.74, 6) is -0.172. The van der Waals surface area contributed by atoms with E-state index in [9.17, 15) is 19.0 Å². The number of quaternary nitrogens is 1. The van der Waals surface area contributed by atoms with Gasteiger partial charge in [-0.3, -0.25) is 18.6 Å². The topological polar surface area (TPSA) is 108 Å². The molecule has 2 atom stereocenters. The molecule has 324 valence electrons. The molecule has 0 fully saturated rings. The number of hydrogen-bond acceptors (Lipinski definition) is 7. The van der Waals surface area contributed by atoms with Crippen LogP contribution >= 0.6 is 7.82 Å². The predicted octanol–water partition coefficient (Wildman–Crippen LogP) is 12.5. The van der Waals surface area contributed by atoms with Crippen molar-refractivity contribution in [1.82, 2.24) is 0 Å². The Hall–Kier alpha value is -2.29. The fourth-order valence-electron chi connectivity index (χ4n) is 5.60. The van der Waals surface area contributed by atoms with E-state index in [0.29, 0.717) is 23.9 Å². The van der Waals surface area contributed by atoms with Gasteiger partial charge in [-0.05, 0) is 57.1 Å². The molecular weight excluding hydrogens is 725 g/mol. The molecule has 1 unspecified atom stereocenters. The minimum absolute atomic E-state index is 0.0696. The number of allylic oxidation sites excluding steroid dienone is 9. The van der Waals surface area contributed by atoms with Gasteiger partial charge >= 0.3 is 13.8 Å². The Labute approximate surface area is 343 Å². The van der Waals surface area contributed by atoms with Gasteiger partial charge in [-0.15, -0.1) is 0 Å². The lowest BCUT2D eigenvalue weighted by Crippen LogP contribution is -2.37. The largest absolute Gasteiger partial charge is 0.492 e. The minimum Gasteiger partial charge on any atom is -0.492 e. The van der Waals surface area contributed by atoms with Gasteiger partial charge in [0.25, 0.3) is 0 Å². The van der Waals surface area contributed by atoms with Crippen molar-refractivity contribution >= 4 is 19.6 Å². The molecule has 0 aromatic carbocycles. The van der Waals surface area contributed by atoms with E-state index in [4.69, 9.17) is 18.5 Å². The molecule has 0 saturated heterocycles. The summed E-state index contributed by atoms with van der Waals surface area (Å²) >= 11 is 0. The smallest absolute Gasteiger partial charge is 0.472 e. The number of likely N-dealkylation sites (N-methyl/N-ethyl adjacent to an activating group) is 1. The van der Waals surface area contributed by atoms with Gasteiger partial charge in [0.1, 0.15) is 19.8 Å². The highest BCUT2D eigenvalue weighted by molar-refractivity contribution is 7.47. The van der Waals surface area contributed by atoms with E-state index in [1.54, 1.807) is 12.3 Å². The standard InChI is InChI=1S/C46H82NO8P/c1-6-8-10-11-12-13-14-15-16-17-18-22-25-28-31-35-40-52-45(43-55-56(50,51)54-41-39-47(3,4)5)42-53-46(49)38-34-30-27-24-21-19-20-23-26-29-33-37-44(48)36-32-9-7-2/h19-20,24,26-27,29,33,35,37,40,45H,6-18,21-23,25,28,30-32,34,36,38-39,41-43H2,1-5H3/p+1/b20-19-,27-24-,29-26-,37-33+,40-35+/t45-/m1/s1. The quantitative estimate of drug-likeness (QED) is 0.00953. The van der Waals surface area contributed by atoms with Crippen LogP contribution in [-0.2, 0) is 32.7 Å². The maximum Gasteiger partial charge on any atom is 0.472 e. The molecule has 0 heterocycles. The van der Waals surface area contributed by atoms with Crippen LogP contribution in [0.5, 0.6) is 0 Å². The minimum atomic E-state index is -4.29. The third-order valence-corrected chi connectivity index (χ3v) is 10.1. The zero-order chi connectivity index (χ0) is 41.4. The van der Waals surface area contributed by atoms with Crippen LogP contribution in [0, 0.1) is 0 Å². The third-order valence-electron chi connectivity index (χ3n) is 9.15. The molecule has 0 aliphatic carbocycles. The normalized spacial score (nSPS) is 14.2. The average molecular weight is 809 g/mol. The van der Waals surface area contributed by atoms with E-state index in [1.165, 1.54) is 83.5 Å². The average Bonchev–Trinajstić information content (AvgIpc) is 3.15. The first kappa shape index (κ1) is 53.7. The summed E-state index contributed by atoms with van der Waals surface area (Å²) in [6.07, 6.45) is 44.9. The summed E-state index contributed by atoms with van der Waals surface area (Å²) in [6, 6.07) is 0. The van der Waals surface area contributed by atoms with E-state index in [0.717, 1.165) is 51.4 Å². The molecule has 0 saturated carbocycles. The number of rotatable bonds is 40. The number of hydrogen-bond donors (Lipinski definition) is 1. The number of phosphoric ester groups is 1. The molecule has 1 N–H and O–H groups in total. The molecule has 0 spiro atoms. The Balaban J connectivity index is 4.42. The van der Waals surface area contributed by atoms with E-state index in [2.05, 4.69) is 38.2 Å². The van der Waals surface area contributed by atoms with Gasteiger partial charge in [0.15, 0.2) is 11.9 Å². The van der Waals surface area contributed by atoms with Crippen molar-refractivity contribution in [2.75, 3.05) is 47.5 Å². The number of phosphoric acid groups is 1. The van der Waals surface area contributed by atoms with Gasteiger partial charge < -0.3 is 18.9 Å². The second-order valence-corrected chi connectivity index (χ2v) is 17.3. The molecule has 56 heavy (non-hydrogen) atoms. The Morgan fingerprint density at radius 1 is 0.625 bits per heavy atom. The molecule has 0 aliphatic heterocycles. The summed E-state index contributed by atoms with van der Waals surface area (Å²) in [6.45, 7) is 4.66. The highest BCUT2D eigenvalue weighted by Gasteiger charge is 2.25. The lowest BCUT2D eigenvalue weighted by atomic mass is 10.0. The fourth-order valence-corrected chi connectivity index (χ4v) is 6.34. The number of unbranched alkanes of at least 4 members (excludes halogenated alkanes) is 17. The lowest BCUT2D eigenvalue weighted by Gasteiger charge is -2.24. The molecule has 0 radical (unpaired) electrons. The van der Waals surface area contributed by atoms with Crippen molar-refractivity contribution in [3.63, 3.8) is 0 Å². The Bertz CT molecular complexity index is 1140. The van der Waals surface area contributed by atoms with E-state index < -0.39 is 13.9 Å². The zero-order valence-corrected chi connectivity index (χ0v) is 37.2. The van der Waals surface area contributed by atoms with Crippen LogP contribution in [0.15, 0.2) is 60.9 Å². The van der Waals surface area contributed by atoms with Crippen LogP contribution in [0.25, 0.3) is 0 Å². The summed E-state index contributed by atoms with van der Waals surface area (Å²) in [4.78, 5) is 34.4. The molecule has 10 heteroatoms. The third kappa shape index (κ3) is 41.3. The first-order valence-corrected chi connectivity index (χ1v) is 23.5. The monoisotopic (exact) mass is 809 g/mol. The Kier molecular flexibility index (Phi) is 36.7. The van der Waals surface area contributed by atoms with E-state index in [-0.39, 0.29) is 38.0 Å². The molecule has 0 rings (SSSR count). The number of nitrogens with zero attached hydrogens (tertiary/aromatic N) is 1. The predicted molar refractivity (Wildman–Crippen MR) is 233 cm³/mol. The number of ether oxygens (including phenoxy) is 2. The highest BCUT2D eigenvalue weighted by atomic mass is 31.2. The van der Waals surface area contributed by atoms with Crippen molar-refractivity contribution < 1.29 is 42.1 Å². The van der Waals surface area contributed by atoms with Gasteiger partial charge in [-0.1, -0.05) is 153 Å². The number of esters is 1. The number of carbonyl (C=O) groups is 2. The maximum absolute atomic E-state index is 12.5. The molecule has 0 bridgehead atoms. The maximum atomic E-state index is 12.5. The first-order valence-electron chi connectivity index (χ1n) is 22.0. The molecule has 0 amide bonds.